The van der Waals surface area contributed by atoms with E-state index >= 15 is 0 Å². The Kier molecular flexibility index (Phi) is 9.31. The van der Waals surface area contributed by atoms with E-state index in [1.165, 1.54) is 0 Å². The molecule has 0 spiro atoms. The molecule has 4 aromatic rings. The molecule has 0 atom stereocenters. The number of hydrogen-bond donors (Lipinski definition) is 1. The summed E-state index contributed by atoms with van der Waals surface area (Å²) < 4.78 is 93.9. The lowest BCUT2D eigenvalue weighted by Gasteiger charge is -2.17. The summed E-state index contributed by atoms with van der Waals surface area (Å²) in [6, 6.07) is 9.76. The Labute approximate surface area is 268 Å². The molecule has 20 nitrogen and oxygen atoms in total. The summed E-state index contributed by atoms with van der Waals surface area (Å²) in [5.74, 6) is -5.73. The normalized spacial score (nSPS) is 11.7. The molecule has 0 aliphatic carbocycles. The molecule has 0 aromatic heterocycles. The SMILES string of the molecule is O=C(O)c1cc(OS(=O)(=O)c2ccc([N+](=O)[O-])cc2)c(OS(=O)(=O)c2ccc([N+](=O)[O-])cc2)c(OS(=O)(=O)c2ccc([N+](=O)[O-])cc2)c1. The quantitative estimate of drug-likeness (QED) is 0.117. The van der Waals surface area contributed by atoms with Crippen molar-refractivity contribution in [1.29, 1.82) is 0 Å². The molecule has 0 aliphatic rings. The van der Waals surface area contributed by atoms with Gasteiger partial charge < -0.3 is 17.7 Å². The van der Waals surface area contributed by atoms with Gasteiger partial charge in [-0.25, -0.2) is 4.79 Å². The molecule has 0 unspecified atom stereocenters. The third-order valence-electron chi connectivity index (χ3n) is 5.87. The summed E-state index contributed by atoms with van der Waals surface area (Å²) in [7, 11) is -15.4. The van der Waals surface area contributed by atoms with Crippen LogP contribution in [0.5, 0.6) is 17.2 Å². The first-order valence-corrected chi connectivity index (χ1v) is 16.5. The number of nitro benzene ring substituents is 3. The van der Waals surface area contributed by atoms with Crippen molar-refractivity contribution < 1.29 is 62.5 Å². The lowest BCUT2D eigenvalue weighted by molar-refractivity contribution is -0.385. The fourth-order valence-corrected chi connectivity index (χ4v) is 6.40. The lowest BCUT2D eigenvalue weighted by atomic mass is 10.2. The van der Waals surface area contributed by atoms with Crippen molar-refractivity contribution in [3.05, 3.63) is 121 Å². The highest BCUT2D eigenvalue weighted by atomic mass is 32.2. The molecular formula is C25H15N3O17S3. The highest BCUT2D eigenvalue weighted by molar-refractivity contribution is 7.87. The van der Waals surface area contributed by atoms with Crippen LogP contribution in [0.15, 0.2) is 99.6 Å². The molecule has 0 radical (unpaired) electrons. The van der Waals surface area contributed by atoms with E-state index in [2.05, 4.69) is 0 Å². The molecule has 0 saturated carbocycles. The minimum atomic E-state index is -5.17. The Bertz CT molecular complexity index is 2180. The van der Waals surface area contributed by atoms with Gasteiger partial charge in [-0.3, -0.25) is 30.3 Å². The molecule has 0 heterocycles. The highest BCUT2D eigenvalue weighted by Gasteiger charge is 2.32. The van der Waals surface area contributed by atoms with E-state index in [1.54, 1.807) is 0 Å². The first-order chi connectivity index (χ1) is 22.3. The summed E-state index contributed by atoms with van der Waals surface area (Å²) in [5.41, 5.74) is -2.55. The van der Waals surface area contributed by atoms with Gasteiger partial charge in [0.05, 0.1) is 20.3 Å². The second-order valence-corrected chi connectivity index (χ2v) is 13.6. The van der Waals surface area contributed by atoms with Crippen molar-refractivity contribution in [3.63, 3.8) is 0 Å². The second kappa shape index (κ2) is 12.9. The van der Waals surface area contributed by atoms with Gasteiger partial charge in [0.1, 0.15) is 14.7 Å². The summed E-state index contributed by atoms with van der Waals surface area (Å²) in [6.07, 6.45) is 0. The van der Waals surface area contributed by atoms with E-state index in [4.69, 9.17) is 12.5 Å². The monoisotopic (exact) mass is 725 g/mol. The van der Waals surface area contributed by atoms with Crippen LogP contribution in [0.4, 0.5) is 17.1 Å². The number of rotatable bonds is 13. The van der Waals surface area contributed by atoms with E-state index in [0.717, 1.165) is 60.7 Å². The number of nitro groups is 3. The molecular weight excluding hydrogens is 710 g/mol. The fraction of sp³-hybridized carbons (Fsp3) is 0. The van der Waals surface area contributed by atoms with Crippen molar-refractivity contribution in [1.82, 2.24) is 0 Å². The number of benzene rings is 4. The van der Waals surface area contributed by atoms with Crippen LogP contribution >= 0.6 is 0 Å². The predicted octanol–water partition coefficient (Wildman–Crippen LogP) is 3.41. The third-order valence-corrected chi connectivity index (χ3v) is 9.60. The Balaban J connectivity index is 1.90. The van der Waals surface area contributed by atoms with Crippen LogP contribution in [0.2, 0.25) is 0 Å². The van der Waals surface area contributed by atoms with Gasteiger partial charge in [0.2, 0.25) is 5.75 Å². The molecule has 0 bridgehead atoms. The number of carboxylic acid groups (broad SMARTS) is 1. The molecule has 4 aromatic carbocycles. The van der Waals surface area contributed by atoms with Crippen LogP contribution in [0, 0.1) is 30.3 Å². The molecule has 1 N–H and O–H groups in total. The van der Waals surface area contributed by atoms with Crippen molar-refractivity contribution in [2.24, 2.45) is 0 Å². The van der Waals surface area contributed by atoms with Crippen LogP contribution in [0.3, 0.4) is 0 Å². The van der Waals surface area contributed by atoms with Crippen molar-refractivity contribution in [2.45, 2.75) is 14.7 Å². The van der Waals surface area contributed by atoms with Crippen molar-refractivity contribution in [2.75, 3.05) is 0 Å². The van der Waals surface area contributed by atoms with Crippen LogP contribution in [0.25, 0.3) is 0 Å². The molecule has 4 rings (SSSR count). The zero-order chi connectivity index (χ0) is 35.6. The van der Waals surface area contributed by atoms with E-state index in [9.17, 15) is 65.5 Å². The summed E-state index contributed by atoms with van der Waals surface area (Å²) in [6.45, 7) is 0. The van der Waals surface area contributed by atoms with Gasteiger partial charge in [0, 0.05) is 48.5 Å². The van der Waals surface area contributed by atoms with E-state index < -0.39 is 106 Å². The van der Waals surface area contributed by atoms with E-state index in [-0.39, 0.29) is 0 Å². The number of carbonyl (C=O) groups is 1. The van der Waals surface area contributed by atoms with Gasteiger partial charge in [0.15, 0.2) is 11.5 Å². The first kappa shape index (κ1) is 34.7. The minimum absolute atomic E-state index is 0.428. The fourth-order valence-electron chi connectivity index (χ4n) is 3.60. The third kappa shape index (κ3) is 7.60. The first-order valence-electron chi connectivity index (χ1n) is 12.3. The number of aromatic carboxylic acids is 1. The maximum Gasteiger partial charge on any atom is 0.339 e. The average molecular weight is 726 g/mol. The van der Waals surface area contributed by atoms with Gasteiger partial charge >= 0.3 is 36.3 Å². The Morgan fingerprint density at radius 1 is 0.521 bits per heavy atom. The Morgan fingerprint density at radius 2 is 0.792 bits per heavy atom. The Morgan fingerprint density at radius 3 is 1.04 bits per heavy atom. The Hall–Kier alpha value is -6.20. The average Bonchev–Trinajstić information content (AvgIpc) is 3.02. The zero-order valence-electron chi connectivity index (χ0n) is 23.1. The predicted molar refractivity (Wildman–Crippen MR) is 156 cm³/mol. The zero-order valence-corrected chi connectivity index (χ0v) is 25.6. The second-order valence-electron chi connectivity index (χ2n) is 8.97. The van der Waals surface area contributed by atoms with Gasteiger partial charge in [-0.05, 0) is 36.4 Å². The molecule has 0 amide bonds. The van der Waals surface area contributed by atoms with Crippen LogP contribution < -0.4 is 12.5 Å². The lowest BCUT2D eigenvalue weighted by Crippen LogP contribution is -2.17. The minimum Gasteiger partial charge on any atom is -0.478 e. The molecule has 23 heteroatoms. The molecule has 0 aliphatic heterocycles. The largest absolute Gasteiger partial charge is 0.478 e. The summed E-state index contributed by atoms with van der Waals surface area (Å²) in [4.78, 5) is 40.0. The standard InChI is InChI=1S/C25H15N3O17S3/c29-25(30)15-13-22(43-46(37,38)19-7-1-16(2-8-19)26(31)32)24(45-48(41,42)21-11-5-18(6-12-21)28(35)36)23(14-15)44-47(39,40)20-9-3-17(4-10-20)27(33)34/h1-14H,(H,29,30). The summed E-state index contributed by atoms with van der Waals surface area (Å²) in [5, 5.41) is 42.6. The van der Waals surface area contributed by atoms with Crippen LogP contribution in [-0.2, 0) is 30.4 Å². The highest BCUT2D eigenvalue weighted by Crippen LogP contribution is 2.43. The van der Waals surface area contributed by atoms with Gasteiger partial charge in [0.25, 0.3) is 17.1 Å². The van der Waals surface area contributed by atoms with Gasteiger partial charge in [-0.2, -0.15) is 25.3 Å². The molecule has 48 heavy (non-hydrogen) atoms. The van der Waals surface area contributed by atoms with Crippen molar-refractivity contribution in [3.8, 4) is 17.2 Å². The molecule has 0 saturated heterocycles. The van der Waals surface area contributed by atoms with Gasteiger partial charge in [-0.1, -0.05) is 0 Å². The maximum atomic E-state index is 13.2. The molecule has 0 fully saturated rings. The maximum absolute atomic E-state index is 13.2. The van der Waals surface area contributed by atoms with Crippen molar-refractivity contribution >= 4 is 53.4 Å². The van der Waals surface area contributed by atoms with E-state index in [0.29, 0.717) is 24.3 Å². The molecule has 250 valence electrons. The van der Waals surface area contributed by atoms with Crippen LogP contribution in [0.1, 0.15) is 10.4 Å². The number of nitrogens with zero attached hydrogens (tertiary/aromatic N) is 3. The van der Waals surface area contributed by atoms with Gasteiger partial charge in [-0.15, -0.1) is 0 Å². The summed E-state index contributed by atoms with van der Waals surface area (Å²) >= 11 is 0. The topological polar surface area (TPSA) is 297 Å². The number of hydrogen-bond acceptors (Lipinski definition) is 16. The van der Waals surface area contributed by atoms with Crippen LogP contribution in [-0.4, -0.2) is 51.1 Å². The van der Waals surface area contributed by atoms with E-state index in [1.807, 2.05) is 0 Å². The number of carboxylic acids is 1. The number of non-ortho nitro benzene ring substituents is 3. The smallest absolute Gasteiger partial charge is 0.339 e.